The largest absolute Gasteiger partial charge is 0.295 e. The van der Waals surface area contributed by atoms with Gasteiger partial charge in [-0.3, -0.25) is 9.36 Å². The van der Waals surface area contributed by atoms with Gasteiger partial charge in [0.1, 0.15) is 13.7 Å². The zero-order valence-electron chi connectivity index (χ0n) is 19.6. The predicted octanol–water partition coefficient (Wildman–Crippen LogP) is 6.35. The van der Waals surface area contributed by atoms with Gasteiger partial charge >= 0.3 is 0 Å². The molecule has 0 N–H and O–H groups in total. The van der Waals surface area contributed by atoms with Crippen molar-refractivity contribution in [2.75, 3.05) is 6.26 Å². The van der Waals surface area contributed by atoms with Gasteiger partial charge in [0, 0.05) is 18.1 Å². The quantitative estimate of drug-likeness (QED) is 0.189. The van der Waals surface area contributed by atoms with Crippen molar-refractivity contribution in [2.45, 2.75) is 63.3 Å². The SMILES string of the molecule is CSc1ncc2c(C#C[Si](C(C)C)(C(C)C)C(C)C)c(-c3cccs3)c(=O)n(C)c2n1. The van der Waals surface area contributed by atoms with Crippen molar-refractivity contribution >= 4 is 42.2 Å². The van der Waals surface area contributed by atoms with Crippen LogP contribution in [-0.2, 0) is 7.05 Å². The maximum Gasteiger partial charge on any atom is 0.261 e. The van der Waals surface area contributed by atoms with Crippen LogP contribution in [-0.4, -0.2) is 28.9 Å². The molecule has 0 aromatic carbocycles. The molecule has 0 amide bonds. The van der Waals surface area contributed by atoms with Crippen LogP contribution in [0.2, 0.25) is 16.6 Å². The molecule has 0 fully saturated rings. The third kappa shape index (κ3) is 4.13. The van der Waals surface area contributed by atoms with E-state index in [9.17, 15) is 4.79 Å². The van der Waals surface area contributed by atoms with Crippen LogP contribution in [0.4, 0.5) is 0 Å². The fraction of sp³-hybridized carbons (Fsp3) is 0.458. The summed E-state index contributed by atoms with van der Waals surface area (Å²) in [5.74, 6) is 3.55. The van der Waals surface area contributed by atoms with Crippen molar-refractivity contribution < 1.29 is 0 Å². The molecule has 0 bridgehead atoms. The molecule has 0 aliphatic heterocycles. The molecule has 0 radical (unpaired) electrons. The Morgan fingerprint density at radius 1 is 1.13 bits per heavy atom. The maximum atomic E-state index is 13.5. The molecule has 0 saturated heterocycles. The minimum atomic E-state index is -1.97. The van der Waals surface area contributed by atoms with Gasteiger partial charge in [-0.05, 0) is 34.3 Å². The lowest BCUT2D eigenvalue weighted by Crippen LogP contribution is -2.43. The third-order valence-corrected chi connectivity index (χ3v) is 14.1. The molecule has 0 aliphatic rings. The van der Waals surface area contributed by atoms with Gasteiger partial charge < -0.3 is 0 Å². The zero-order valence-corrected chi connectivity index (χ0v) is 22.2. The number of pyridine rings is 1. The Hall–Kier alpha value is -1.88. The van der Waals surface area contributed by atoms with Crippen LogP contribution in [0.15, 0.2) is 33.7 Å². The van der Waals surface area contributed by atoms with Crippen LogP contribution < -0.4 is 5.56 Å². The minimum absolute atomic E-state index is 0.0593. The average Bonchev–Trinajstić information content (AvgIpc) is 3.25. The van der Waals surface area contributed by atoms with E-state index in [-0.39, 0.29) is 5.56 Å². The summed E-state index contributed by atoms with van der Waals surface area (Å²) >= 11 is 3.04. The van der Waals surface area contributed by atoms with E-state index in [0.717, 1.165) is 15.8 Å². The van der Waals surface area contributed by atoms with E-state index in [0.29, 0.717) is 33.0 Å². The van der Waals surface area contributed by atoms with Gasteiger partial charge in [-0.2, -0.15) is 0 Å². The average molecular weight is 470 g/mol. The van der Waals surface area contributed by atoms with Gasteiger partial charge in [-0.25, -0.2) is 9.97 Å². The van der Waals surface area contributed by atoms with Crippen LogP contribution in [0, 0.1) is 11.5 Å². The van der Waals surface area contributed by atoms with Crippen LogP contribution in [0.5, 0.6) is 0 Å². The van der Waals surface area contributed by atoms with Crippen molar-refractivity contribution in [3.05, 3.63) is 39.6 Å². The molecule has 0 atom stereocenters. The summed E-state index contributed by atoms with van der Waals surface area (Å²) in [5.41, 5.74) is 7.36. The molecule has 3 heterocycles. The Kier molecular flexibility index (Phi) is 7.14. The van der Waals surface area contributed by atoms with Crippen molar-refractivity contribution in [3.63, 3.8) is 0 Å². The van der Waals surface area contributed by atoms with Gasteiger partial charge in [0.2, 0.25) is 0 Å². The molecule has 3 rings (SSSR count). The Labute approximate surface area is 194 Å². The summed E-state index contributed by atoms with van der Waals surface area (Å²) in [6, 6.07) is 3.97. The van der Waals surface area contributed by atoms with Gasteiger partial charge in [-0.15, -0.1) is 16.9 Å². The van der Waals surface area contributed by atoms with E-state index in [4.69, 9.17) is 0 Å². The van der Waals surface area contributed by atoms with E-state index < -0.39 is 8.07 Å². The number of thioether (sulfide) groups is 1. The number of aromatic nitrogens is 3. The van der Waals surface area contributed by atoms with Crippen molar-refractivity contribution in [1.82, 2.24) is 14.5 Å². The smallest absolute Gasteiger partial charge is 0.261 e. The Morgan fingerprint density at radius 3 is 2.29 bits per heavy atom. The molecule has 0 unspecified atom stereocenters. The van der Waals surface area contributed by atoms with Gasteiger partial charge in [0.25, 0.3) is 5.56 Å². The second kappa shape index (κ2) is 9.31. The van der Waals surface area contributed by atoms with Crippen LogP contribution in [0.1, 0.15) is 47.1 Å². The molecule has 0 spiro atoms. The van der Waals surface area contributed by atoms with Gasteiger partial charge in [0.05, 0.1) is 16.5 Å². The molecule has 0 aliphatic carbocycles. The van der Waals surface area contributed by atoms with E-state index in [1.54, 1.807) is 23.0 Å². The lowest BCUT2D eigenvalue weighted by atomic mass is 10.1. The highest BCUT2D eigenvalue weighted by Gasteiger charge is 2.41. The van der Waals surface area contributed by atoms with Gasteiger partial charge in [-0.1, -0.05) is 65.3 Å². The van der Waals surface area contributed by atoms with E-state index in [2.05, 4.69) is 63.0 Å². The second-order valence-corrected chi connectivity index (χ2v) is 16.1. The van der Waals surface area contributed by atoms with Crippen LogP contribution in [0.25, 0.3) is 21.5 Å². The minimum Gasteiger partial charge on any atom is -0.295 e. The predicted molar refractivity (Wildman–Crippen MR) is 138 cm³/mol. The summed E-state index contributed by atoms with van der Waals surface area (Å²) in [7, 11) is -0.183. The molecule has 7 heteroatoms. The zero-order chi connectivity index (χ0) is 22.9. The number of nitrogens with zero attached hydrogens (tertiary/aromatic N) is 3. The molecule has 0 saturated carbocycles. The lowest BCUT2D eigenvalue weighted by Gasteiger charge is -2.38. The molecular weight excluding hydrogens is 439 g/mol. The Balaban J connectivity index is 2.44. The van der Waals surface area contributed by atoms with Crippen molar-refractivity contribution in [2.24, 2.45) is 7.05 Å². The lowest BCUT2D eigenvalue weighted by molar-refractivity contribution is 0.838. The topological polar surface area (TPSA) is 47.8 Å². The standard InChI is InChI=1S/C24H31N3OS2Si/c1-15(2)31(16(3)4,17(5)6)13-11-18-19-14-25-24(29-8)26-22(19)27(7)23(28)21(18)20-10-9-12-30-20/h9-10,12,14-17H,1-8H3. The fourth-order valence-corrected chi connectivity index (χ4v) is 11.1. The maximum absolute atomic E-state index is 13.5. The molecular formula is C24H31N3OS2Si. The van der Waals surface area contributed by atoms with E-state index in [1.165, 1.54) is 11.8 Å². The highest BCUT2D eigenvalue weighted by Crippen LogP contribution is 2.41. The number of aryl methyl sites for hydroxylation is 1. The summed E-state index contributed by atoms with van der Waals surface area (Å²) in [4.78, 5) is 23.6. The number of rotatable bonds is 5. The summed E-state index contributed by atoms with van der Waals surface area (Å²) < 4.78 is 1.63. The summed E-state index contributed by atoms with van der Waals surface area (Å²) in [6.45, 7) is 13.8. The highest BCUT2D eigenvalue weighted by atomic mass is 32.2. The summed E-state index contributed by atoms with van der Waals surface area (Å²) in [6.07, 6.45) is 3.77. The van der Waals surface area contributed by atoms with Crippen molar-refractivity contribution in [3.8, 4) is 21.9 Å². The third-order valence-electron chi connectivity index (χ3n) is 6.32. The normalized spacial score (nSPS) is 12.1. The number of hydrogen-bond acceptors (Lipinski definition) is 5. The first-order valence-electron chi connectivity index (χ1n) is 10.7. The number of fused-ring (bicyclic) bond motifs is 1. The first kappa shape index (κ1) is 23.8. The molecule has 3 aromatic rings. The molecule has 31 heavy (non-hydrogen) atoms. The van der Waals surface area contributed by atoms with Crippen LogP contribution in [0.3, 0.4) is 0 Å². The molecule has 164 valence electrons. The van der Waals surface area contributed by atoms with Crippen molar-refractivity contribution in [1.29, 1.82) is 0 Å². The first-order chi connectivity index (χ1) is 14.6. The number of thiophene rings is 1. The van der Waals surface area contributed by atoms with E-state index in [1.807, 2.05) is 30.0 Å². The molecule has 4 nitrogen and oxygen atoms in total. The fourth-order valence-electron chi connectivity index (χ4n) is 4.78. The highest BCUT2D eigenvalue weighted by molar-refractivity contribution is 7.98. The van der Waals surface area contributed by atoms with Crippen LogP contribution >= 0.6 is 23.1 Å². The van der Waals surface area contributed by atoms with Gasteiger partial charge in [0.15, 0.2) is 5.16 Å². The summed E-state index contributed by atoms with van der Waals surface area (Å²) in [5, 5.41) is 3.49. The Morgan fingerprint density at radius 2 is 1.77 bits per heavy atom. The molecule has 3 aromatic heterocycles. The first-order valence-corrected chi connectivity index (χ1v) is 15.0. The second-order valence-electron chi connectivity index (χ2n) is 8.83. The monoisotopic (exact) mass is 469 g/mol. The Bertz CT molecular complexity index is 1180. The van der Waals surface area contributed by atoms with E-state index >= 15 is 0 Å². The number of hydrogen-bond donors (Lipinski definition) is 0.